The van der Waals surface area contributed by atoms with E-state index in [-0.39, 0.29) is 11.9 Å². The number of carbonyl (C=O) groups excluding carboxylic acids is 1. The third-order valence-corrected chi connectivity index (χ3v) is 2.53. The highest BCUT2D eigenvalue weighted by Gasteiger charge is 2.27. The van der Waals surface area contributed by atoms with Crippen molar-refractivity contribution in [3.63, 3.8) is 0 Å². The lowest BCUT2D eigenvalue weighted by Crippen LogP contribution is -2.38. The van der Waals surface area contributed by atoms with Crippen LogP contribution in [0.4, 0.5) is 4.79 Å². The first-order valence-electron chi connectivity index (χ1n) is 4.95. The summed E-state index contributed by atoms with van der Waals surface area (Å²) in [5.41, 5.74) is 0.314. The Hall–Kier alpha value is -2.05. The summed E-state index contributed by atoms with van der Waals surface area (Å²) in [5, 5.41) is 17.8. The number of aromatic nitrogens is 2. The third kappa shape index (κ3) is 2.13. The molecule has 1 aromatic rings. The molecule has 86 valence electrons. The largest absolute Gasteiger partial charge is 0.465 e. The monoisotopic (exact) mass is 224 g/mol. The van der Waals surface area contributed by atoms with Crippen molar-refractivity contribution >= 4 is 12.0 Å². The summed E-state index contributed by atoms with van der Waals surface area (Å²) in [6.07, 6.45) is 1.26. The molecule has 0 saturated carbocycles. The highest BCUT2D eigenvalue weighted by Crippen LogP contribution is 2.09. The van der Waals surface area contributed by atoms with Crippen molar-refractivity contribution in [2.24, 2.45) is 0 Å². The Labute approximate surface area is 91.4 Å². The van der Waals surface area contributed by atoms with Gasteiger partial charge >= 0.3 is 6.09 Å². The van der Waals surface area contributed by atoms with Gasteiger partial charge < -0.3 is 15.3 Å². The first kappa shape index (κ1) is 10.5. The van der Waals surface area contributed by atoms with E-state index in [1.165, 1.54) is 4.90 Å². The smallest absolute Gasteiger partial charge is 0.407 e. The molecule has 7 nitrogen and oxygen atoms in total. The molecule has 1 saturated heterocycles. The lowest BCUT2D eigenvalue weighted by atomic mass is 10.2. The van der Waals surface area contributed by atoms with Gasteiger partial charge in [0.05, 0.1) is 0 Å². The second-order valence-electron chi connectivity index (χ2n) is 3.65. The topological polar surface area (TPSA) is 98.3 Å². The predicted octanol–water partition coefficient (Wildman–Crippen LogP) is -0.108. The number of carbonyl (C=O) groups is 2. The second kappa shape index (κ2) is 4.21. The summed E-state index contributed by atoms with van der Waals surface area (Å²) in [6, 6.07) is 1.44. The number of rotatable bonds is 2. The molecule has 2 amide bonds. The first-order chi connectivity index (χ1) is 7.66. The molecular weight excluding hydrogens is 212 g/mol. The summed E-state index contributed by atoms with van der Waals surface area (Å²) in [7, 11) is 0. The summed E-state index contributed by atoms with van der Waals surface area (Å²) >= 11 is 0. The third-order valence-electron chi connectivity index (χ3n) is 2.53. The van der Waals surface area contributed by atoms with Crippen LogP contribution in [0.25, 0.3) is 0 Å². The van der Waals surface area contributed by atoms with Gasteiger partial charge in [0.2, 0.25) is 0 Å². The number of hydrogen-bond acceptors (Lipinski definition) is 3. The summed E-state index contributed by atoms with van der Waals surface area (Å²) in [6.45, 7) is 0.798. The van der Waals surface area contributed by atoms with Crippen molar-refractivity contribution in [2.75, 3.05) is 13.1 Å². The summed E-state index contributed by atoms with van der Waals surface area (Å²) in [4.78, 5) is 23.5. The summed E-state index contributed by atoms with van der Waals surface area (Å²) in [5.74, 6) is -0.279. The van der Waals surface area contributed by atoms with E-state index in [2.05, 4.69) is 15.5 Å². The average Bonchev–Trinajstić information content (AvgIpc) is 2.87. The number of likely N-dealkylation sites (tertiary alicyclic amines) is 1. The zero-order chi connectivity index (χ0) is 11.5. The molecule has 1 atom stereocenters. The molecule has 2 rings (SSSR count). The highest BCUT2D eigenvalue weighted by molar-refractivity contribution is 5.92. The van der Waals surface area contributed by atoms with Crippen LogP contribution in [0.15, 0.2) is 12.3 Å². The van der Waals surface area contributed by atoms with Gasteiger partial charge in [-0.3, -0.25) is 9.89 Å². The maximum absolute atomic E-state index is 11.6. The van der Waals surface area contributed by atoms with E-state index < -0.39 is 6.09 Å². The average molecular weight is 224 g/mol. The predicted molar refractivity (Wildman–Crippen MR) is 54.1 cm³/mol. The van der Waals surface area contributed by atoms with Gasteiger partial charge in [-0.15, -0.1) is 0 Å². The molecule has 1 aliphatic rings. The maximum Gasteiger partial charge on any atom is 0.407 e. The van der Waals surface area contributed by atoms with E-state index in [0.717, 1.165) is 0 Å². The molecule has 7 heteroatoms. The number of carboxylic acid groups (broad SMARTS) is 1. The van der Waals surface area contributed by atoms with Gasteiger partial charge in [0.1, 0.15) is 5.69 Å². The number of nitrogens with zero attached hydrogens (tertiary/aromatic N) is 2. The highest BCUT2D eigenvalue weighted by atomic mass is 16.4. The number of hydrogen-bond donors (Lipinski definition) is 3. The van der Waals surface area contributed by atoms with Gasteiger partial charge in [-0.25, -0.2) is 4.79 Å². The lowest BCUT2D eigenvalue weighted by Gasteiger charge is -2.12. The van der Waals surface area contributed by atoms with Gasteiger partial charge in [-0.1, -0.05) is 0 Å². The van der Waals surface area contributed by atoms with Crippen LogP contribution in [0.2, 0.25) is 0 Å². The van der Waals surface area contributed by atoms with Crippen LogP contribution in [-0.2, 0) is 0 Å². The number of amides is 2. The quantitative estimate of drug-likeness (QED) is 0.652. The molecule has 1 fully saturated rings. The first-order valence-corrected chi connectivity index (χ1v) is 4.95. The van der Waals surface area contributed by atoms with Crippen LogP contribution in [0.5, 0.6) is 0 Å². The Kier molecular flexibility index (Phi) is 2.76. The van der Waals surface area contributed by atoms with Gasteiger partial charge in [-0.2, -0.15) is 5.10 Å². The molecular formula is C9H12N4O3. The van der Waals surface area contributed by atoms with Crippen molar-refractivity contribution in [1.82, 2.24) is 20.4 Å². The Bertz CT molecular complexity index is 389. The number of aromatic amines is 1. The molecule has 0 aromatic carbocycles. The fourth-order valence-corrected chi connectivity index (χ4v) is 1.70. The standard InChI is InChI=1S/C9H12N4O3/c14-8(7-1-3-10-12-7)11-6-2-4-13(5-6)9(15)16/h1,3,6H,2,4-5H2,(H,10,12)(H,11,14)(H,15,16)/t6-/m1/s1. The van der Waals surface area contributed by atoms with E-state index in [9.17, 15) is 9.59 Å². The lowest BCUT2D eigenvalue weighted by molar-refractivity contribution is 0.0930. The molecule has 16 heavy (non-hydrogen) atoms. The Morgan fingerprint density at radius 3 is 3.00 bits per heavy atom. The maximum atomic E-state index is 11.6. The van der Waals surface area contributed by atoms with Crippen LogP contribution in [-0.4, -0.2) is 51.3 Å². The molecule has 0 bridgehead atoms. The van der Waals surface area contributed by atoms with Crippen molar-refractivity contribution in [2.45, 2.75) is 12.5 Å². The van der Waals surface area contributed by atoms with Gasteiger partial charge in [0, 0.05) is 25.3 Å². The zero-order valence-electron chi connectivity index (χ0n) is 8.51. The molecule has 0 aliphatic carbocycles. The molecule has 1 aromatic heterocycles. The van der Waals surface area contributed by atoms with E-state index in [4.69, 9.17) is 5.11 Å². The fraction of sp³-hybridized carbons (Fsp3) is 0.444. The van der Waals surface area contributed by atoms with Crippen LogP contribution in [0.1, 0.15) is 16.9 Å². The molecule has 1 aliphatic heterocycles. The van der Waals surface area contributed by atoms with Gasteiger partial charge in [0.15, 0.2) is 0 Å². The minimum absolute atomic E-state index is 0.125. The molecule has 3 N–H and O–H groups in total. The number of H-pyrrole nitrogens is 1. The minimum atomic E-state index is -0.948. The molecule has 0 radical (unpaired) electrons. The van der Waals surface area contributed by atoms with Crippen molar-refractivity contribution in [3.05, 3.63) is 18.0 Å². The Morgan fingerprint density at radius 1 is 1.62 bits per heavy atom. The van der Waals surface area contributed by atoms with Crippen molar-refractivity contribution in [1.29, 1.82) is 0 Å². The van der Waals surface area contributed by atoms with E-state index in [1.54, 1.807) is 12.3 Å². The molecule has 0 spiro atoms. The SMILES string of the molecule is O=C(N[C@@H]1CCN(C(=O)O)C1)c1cc[nH]n1. The zero-order valence-corrected chi connectivity index (χ0v) is 8.51. The van der Waals surface area contributed by atoms with E-state index in [0.29, 0.717) is 25.2 Å². The molecule has 0 unspecified atom stereocenters. The fourth-order valence-electron chi connectivity index (χ4n) is 1.70. The van der Waals surface area contributed by atoms with Gasteiger partial charge in [-0.05, 0) is 12.5 Å². The van der Waals surface area contributed by atoms with E-state index in [1.807, 2.05) is 0 Å². The van der Waals surface area contributed by atoms with Crippen molar-refractivity contribution in [3.8, 4) is 0 Å². The normalized spacial score (nSPS) is 19.8. The van der Waals surface area contributed by atoms with E-state index >= 15 is 0 Å². The van der Waals surface area contributed by atoms with Crippen LogP contribution in [0, 0.1) is 0 Å². The minimum Gasteiger partial charge on any atom is -0.465 e. The Morgan fingerprint density at radius 2 is 2.44 bits per heavy atom. The number of nitrogens with one attached hydrogen (secondary N) is 2. The Balaban J connectivity index is 1.88. The van der Waals surface area contributed by atoms with Crippen LogP contribution < -0.4 is 5.32 Å². The molecule has 2 heterocycles. The second-order valence-corrected chi connectivity index (χ2v) is 3.65. The van der Waals surface area contributed by atoms with Gasteiger partial charge in [0.25, 0.3) is 5.91 Å². The van der Waals surface area contributed by atoms with Crippen molar-refractivity contribution < 1.29 is 14.7 Å². The van der Waals surface area contributed by atoms with Crippen LogP contribution in [0.3, 0.4) is 0 Å². The summed E-state index contributed by atoms with van der Waals surface area (Å²) < 4.78 is 0. The van der Waals surface area contributed by atoms with Crippen LogP contribution >= 0.6 is 0 Å².